The minimum atomic E-state index is -0.511. The third kappa shape index (κ3) is 3.98. The maximum Gasteiger partial charge on any atom is 0.422 e. The number of rotatable bonds is 4. The number of hydrazine groups is 1. The summed E-state index contributed by atoms with van der Waals surface area (Å²) in [6.45, 7) is 8.00. The van der Waals surface area contributed by atoms with E-state index in [-0.39, 0.29) is 0 Å². The molecule has 0 aliphatic heterocycles. The largest absolute Gasteiger partial charge is 0.461 e. The van der Waals surface area contributed by atoms with E-state index in [2.05, 4.69) is 10.9 Å². The Kier molecular flexibility index (Phi) is 4.53. The van der Waals surface area contributed by atoms with Crippen LogP contribution in [0.1, 0.15) is 39.0 Å². The van der Waals surface area contributed by atoms with E-state index in [9.17, 15) is 4.79 Å². The molecular weight excluding hydrogens is 268 g/mol. The number of furan rings is 1. The van der Waals surface area contributed by atoms with Gasteiger partial charge in [0.25, 0.3) is 0 Å². The molecule has 0 saturated carbocycles. The van der Waals surface area contributed by atoms with Crippen molar-refractivity contribution in [3.63, 3.8) is 0 Å². The van der Waals surface area contributed by atoms with Crippen LogP contribution in [0.25, 0.3) is 11.0 Å². The smallest absolute Gasteiger partial charge is 0.422 e. The molecule has 21 heavy (non-hydrogen) atoms. The van der Waals surface area contributed by atoms with Crippen LogP contribution in [0.3, 0.4) is 0 Å². The molecular formula is C16H22N2O3. The van der Waals surface area contributed by atoms with Crippen molar-refractivity contribution in [1.29, 1.82) is 0 Å². The first-order valence-electron chi connectivity index (χ1n) is 7.12. The minimum absolute atomic E-state index is 0.486. The summed E-state index contributed by atoms with van der Waals surface area (Å²) in [6, 6.07) is 7.88. The van der Waals surface area contributed by atoms with Gasteiger partial charge in [0.2, 0.25) is 0 Å². The van der Waals surface area contributed by atoms with Gasteiger partial charge in [-0.05, 0) is 26.8 Å². The number of hydrogen-bond acceptors (Lipinski definition) is 4. The third-order valence-corrected chi connectivity index (χ3v) is 2.96. The van der Waals surface area contributed by atoms with Crippen LogP contribution in [-0.4, -0.2) is 11.7 Å². The molecule has 0 aliphatic carbocycles. The molecule has 0 fully saturated rings. The average Bonchev–Trinajstić information content (AvgIpc) is 2.75. The van der Waals surface area contributed by atoms with Gasteiger partial charge in [-0.25, -0.2) is 10.2 Å². The summed E-state index contributed by atoms with van der Waals surface area (Å²) in [5, 5.41) is 1.06. The Balaban J connectivity index is 2.02. The zero-order chi connectivity index (χ0) is 15.5. The van der Waals surface area contributed by atoms with Crippen LogP contribution < -0.4 is 10.9 Å². The second-order valence-electron chi connectivity index (χ2n) is 5.83. The summed E-state index contributed by atoms with van der Waals surface area (Å²) in [7, 11) is 0. The lowest BCUT2D eigenvalue weighted by Crippen LogP contribution is -2.40. The molecule has 2 aromatic rings. The van der Waals surface area contributed by atoms with E-state index in [4.69, 9.17) is 9.15 Å². The summed E-state index contributed by atoms with van der Waals surface area (Å²) in [6.07, 6.45) is 0.311. The van der Waals surface area contributed by atoms with E-state index >= 15 is 0 Å². The lowest BCUT2D eigenvalue weighted by atomic mass is 10.1. The molecule has 1 amide bonds. The first-order chi connectivity index (χ1) is 9.90. The van der Waals surface area contributed by atoms with Crippen molar-refractivity contribution in [2.24, 2.45) is 0 Å². The van der Waals surface area contributed by atoms with E-state index in [0.717, 1.165) is 28.7 Å². The predicted octanol–water partition coefficient (Wildman–Crippen LogP) is 3.52. The quantitative estimate of drug-likeness (QED) is 0.846. The molecule has 0 atom stereocenters. The Morgan fingerprint density at radius 3 is 2.67 bits per heavy atom. The van der Waals surface area contributed by atoms with Crippen LogP contribution in [0, 0.1) is 0 Å². The van der Waals surface area contributed by atoms with Gasteiger partial charge >= 0.3 is 6.09 Å². The van der Waals surface area contributed by atoms with Gasteiger partial charge in [0.05, 0.1) is 0 Å². The molecule has 0 unspecified atom stereocenters. The van der Waals surface area contributed by atoms with E-state index in [1.165, 1.54) is 0 Å². The molecule has 2 rings (SSSR count). The maximum atomic E-state index is 11.6. The van der Waals surface area contributed by atoms with Gasteiger partial charge < -0.3 is 9.15 Å². The molecule has 1 aromatic heterocycles. The third-order valence-electron chi connectivity index (χ3n) is 2.96. The normalized spacial score (nSPS) is 11.6. The monoisotopic (exact) mass is 290 g/mol. The maximum absolute atomic E-state index is 11.6. The van der Waals surface area contributed by atoms with Crippen molar-refractivity contribution in [2.75, 3.05) is 0 Å². The molecule has 0 spiro atoms. The Morgan fingerprint density at radius 1 is 1.29 bits per heavy atom. The van der Waals surface area contributed by atoms with Crippen LogP contribution >= 0.6 is 0 Å². The van der Waals surface area contributed by atoms with Gasteiger partial charge in [-0.3, -0.25) is 5.43 Å². The number of carbonyl (C=O) groups excluding carboxylic acids is 1. The molecule has 0 bridgehead atoms. The van der Waals surface area contributed by atoms with Crippen LogP contribution in [0.2, 0.25) is 0 Å². The van der Waals surface area contributed by atoms with Crippen molar-refractivity contribution in [3.05, 3.63) is 35.6 Å². The topological polar surface area (TPSA) is 63.5 Å². The van der Waals surface area contributed by atoms with E-state index in [1.54, 1.807) is 0 Å². The molecule has 5 nitrogen and oxygen atoms in total. The van der Waals surface area contributed by atoms with Crippen molar-refractivity contribution in [2.45, 2.75) is 46.3 Å². The number of ether oxygens (including phenoxy) is 1. The SMILES string of the molecule is CCc1oc2ccccc2c1CNNC(=O)OC(C)(C)C. The van der Waals surface area contributed by atoms with Gasteiger partial charge in [0, 0.05) is 23.9 Å². The summed E-state index contributed by atoms with van der Waals surface area (Å²) in [4.78, 5) is 11.6. The Morgan fingerprint density at radius 2 is 2.00 bits per heavy atom. The number of benzene rings is 1. The molecule has 1 aromatic carbocycles. The Hall–Kier alpha value is -2.01. The number of carbonyl (C=O) groups is 1. The van der Waals surface area contributed by atoms with Crippen LogP contribution in [0.4, 0.5) is 4.79 Å². The van der Waals surface area contributed by atoms with Crippen molar-refractivity contribution in [1.82, 2.24) is 10.9 Å². The van der Waals surface area contributed by atoms with Gasteiger partial charge in [-0.2, -0.15) is 0 Å². The van der Waals surface area contributed by atoms with Gasteiger partial charge in [-0.1, -0.05) is 25.1 Å². The molecule has 0 saturated heterocycles. The number of hydrogen-bond donors (Lipinski definition) is 2. The number of para-hydroxylation sites is 1. The van der Waals surface area contributed by atoms with E-state index < -0.39 is 11.7 Å². The number of fused-ring (bicyclic) bond motifs is 1. The van der Waals surface area contributed by atoms with Crippen molar-refractivity contribution >= 4 is 17.1 Å². The highest BCUT2D eigenvalue weighted by atomic mass is 16.6. The first kappa shape index (κ1) is 15.4. The molecule has 1 heterocycles. The second kappa shape index (κ2) is 6.18. The minimum Gasteiger partial charge on any atom is -0.461 e. The first-order valence-corrected chi connectivity index (χ1v) is 7.12. The fourth-order valence-electron chi connectivity index (χ4n) is 2.14. The number of nitrogens with one attached hydrogen (secondary N) is 2. The predicted molar refractivity (Wildman–Crippen MR) is 81.8 cm³/mol. The van der Waals surface area contributed by atoms with Gasteiger partial charge in [0.1, 0.15) is 16.9 Å². The average molecular weight is 290 g/mol. The Labute approximate surface area is 124 Å². The molecule has 2 N–H and O–H groups in total. The lowest BCUT2D eigenvalue weighted by Gasteiger charge is -2.19. The number of amides is 1. The van der Waals surface area contributed by atoms with Crippen LogP contribution in [0.15, 0.2) is 28.7 Å². The van der Waals surface area contributed by atoms with Crippen molar-refractivity contribution < 1.29 is 13.9 Å². The highest BCUT2D eigenvalue weighted by Gasteiger charge is 2.16. The van der Waals surface area contributed by atoms with Crippen LogP contribution in [0.5, 0.6) is 0 Å². The van der Waals surface area contributed by atoms with Gasteiger partial charge in [0.15, 0.2) is 0 Å². The highest BCUT2D eigenvalue weighted by Crippen LogP contribution is 2.25. The standard InChI is InChI=1S/C16H22N2O3/c1-5-13-12(11-8-6-7-9-14(11)20-13)10-17-18-15(19)21-16(2,3)4/h6-9,17H,5,10H2,1-4H3,(H,18,19). The fraction of sp³-hybridized carbons (Fsp3) is 0.438. The summed E-state index contributed by atoms with van der Waals surface area (Å²) in [5.74, 6) is 0.926. The molecule has 0 radical (unpaired) electrons. The zero-order valence-electron chi connectivity index (χ0n) is 12.9. The van der Waals surface area contributed by atoms with E-state index in [0.29, 0.717) is 6.54 Å². The molecule has 114 valence electrons. The van der Waals surface area contributed by atoms with Gasteiger partial charge in [-0.15, -0.1) is 0 Å². The lowest BCUT2D eigenvalue weighted by molar-refractivity contribution is 0.0497. The van der Waals surface area contributed by atoms with E-state index in [1.807, 2.05) is 52.0 Å². The fourth-order valence-corrected chi connectivity index (χ4v) is 2.14. The molecule has 0 aliphatic rings. The Bertz CT molecular complexity index is 626. The summed E-state index contributed by atoms with van der Waals surface area (Å²) in [5.41, 5.74) is 6.85. The highest BCUT2D eigenvalue weighted by molar-refractivity contribution is 5.82. The zero-order valence-corrected chi connectivity index (χ0v) is 12.9. The second-order valence-corrected chi connectivity index (χ2v) is 5.83. The molecule has 5 heteroatoms. The summed E-state index contributed by atoms with van der Waals surface area (Å²) < 4.78 is 11.0. The summed E-state index contributed by atoms with van der Waals surface area (Å²) >= 11 is 0. The number of aryl methyl sites for hydroxylation is 1. The van der Waals surface area contributed by atoms with Crippen molar-refractivity contribution in [3.8, 4) is 0 Å². The van der Waals surface area contributed by atoms with Crippen LogP contribution in [-0.2, 0) is 17.7 Å².